The Balaban J connectivity index is 1.34. The zero-order valence-corrected chi connectivity index (χ0v) is 17.5. The number of halogens is 1. The first-order valence-corrected chi connectivity index (χ1v) is 10.7. The van der Waals surface area contributed by atoms with Gasteiger partial charge >= 0.3 is 0 Å². The van der Waals surface area contributed by atoms with Crippen molar-refractivity contribution < 1.29 is 9.18 Å². The van der Waals surface area contributed by atoms with Gasteiger partial charge in [0.25, 0.3) is 5.91 Å². The van der Waals surface area contributed by atoms with Crippen molar-refractivity contribution in [2.24, 2.45) is 0 Å². The predicted octanol–water partition coefficient (Wildman–Crippen LogP) is 2.81. The predicted molar refractivity (Wildman–Crippen MR) is 113 cm³/mol. The number of hydrogen-bond acceptors (Lipinski definition) is 8. The van der Waals surface area contributed by atoms with Crippen LogP contribution in [0.2, 0.25) is 0 Å². The van der Waals surface area contributed by atoms with E-state index in [-0.39, 0.29) is 17.8 Å². The largest absolute Gasteiger partial charge is 0.365 e. The molecule has 1 N–H and O–H groups in total. The van der Waals surface area contributed by atoms with Crippen molar-refractivity contribution in [1.29, 1.82) is 0 Å². The van der Waals surface area contributed by atoms with Crippen LogP contribution in [-0.2, 0) is 0 Å². The lowest BCUT2D eigenvalue weighted by Gasteiger charge is -2.33. The molecule has 4 aromatic rings. The highest BCUT2D eigenvalue weighted by Crippen LogP contribution is 2.22. The van der Waals surface area contributed by atoms with Crippen molar-refractivity contribution in [3.05, 3.63) is 53.2 Å². The Kier molecular flexibility index (Phi) is 5.02. The number of carbonyl (C=O) groups is 1. The van der Waals surface area contributed by atoms with Crippen LogP contribution in [0.4, 0.5) is 10.2 Å². The van der Waals surface area contributed by atoms with Gasteiger partial charge in [-0.15, -0.1) is 5.10 Å². The third kappa shape index (κ3) is 3.83. The zero-order valence-electron chi connectivity index (χ0n) is 16.7. The van der Waals surface area contributed by atoms with Gasteiger partial charge in [0, 0.05) is 31.5 Å². The molecule has 0 unspecified atom stereocenters. The minimum Gasteiger partial charge on any atom is -0.365 e. The van der Waals surface area contributed by atoms with Gasteiger partial charge in [0.1, 0.15) is 27.9 Å². The standard InChI is InChI=1S/C20H19FN8OS/c1-12-18(31-27-26-12)20(30)28-8-2-3-14(11-28)24-16-6-7-22-19(25-16)15-9-23-17-5-4-13(21)10-29(15)17/h4-7,9-10,14H,2-3,8,11H2,1H3,(H,22,24,25)/t14-/m1/s1. The van der Waals surface area contributed by atoms with Crippen molar-refractivity contribution in [3.63, 3.8) is 0 Å². The fraction of sp³-hybridized carbons (Fsp3) is 0.300. The first-order chi connectivity index (χ1) is 15.1. The number of aryl methyl sites for hydroxylation is 1. The Morgan fingerprint density at radius 1 is 1.29 bits per heavy atom. The minimum atomic E-state index is -0.362. The van der Waals surface area contributed by atoms with E-state index in [4.69, 9.17) is 0 Å². The number of hydrogen-bond donors (Lipinski definition) is 1. The quantitative estimate of drug-likeness (QED) is 0.523. The van der Waals surface area contributed by atoms with Gasteiger partial charge in [0.15, 0.2) is 5.82 Å². The van der Waals surface area contributed by atoms with Crippen molar-refractivity contribution in [1.82, 2.24) is 33.8 Å². The second kappa shape index (κ2) is 7.99. The van der Waals surface area contributed by atoms with E-state index >= 15 is 0 Å². The molecule has 1 saturated heterocycles. The number of rotatable bonds is 4. The van der Waals surface area contributed by atoms with Crippen LogP contribution < -0.4 is 5.32 Å². The summed E-state index contributed by atoms with van der Waals surface area (Å²) in [5.41, 5.74) is 1.88. The Hall–Kier alpha value is -3.47. The molecule has 0 radical (unpaired) electrons. The molecule has 0 saturated carbocycles. The maximum Gasteiger partial charge on any atom is 0.267 e. The second-order valence-corrected chi connectivity index (χ2v) is 8.16. The number of aromatic nitrogens is 6. The molecule has 1 aliphatic heterocycles. The van der Waals surface area contributed by atoms with E-state index in [0.29, 0.717) is 46.6 Å². The Morgan fingerprint density at radius 2 is 2.19 bits per heavy atom. The average molecular weight is 438 g/mol. The number of imidazole rings is 1. The summed E-state index contributed by atoms with van der Waals surface area (Å²) < 4.78 is 19.2. The lowest BCUT2D eigenvalue weighted by atomic mass is 10.1. The topological polar surface area (TPSA) is 101 Å². The van der Waals surface area contributed by atoms with E-state index < -0.39 is 0 Å². The SMILES string of the molecule is Cc1nnsc1C(=O)N1CCC[C@@H](Nc2ccnc(-c3cnc4ccc(F)cn34)n2)C1. The van der Waals surface area contributed by atoms with E-state index in [2.05, 4.69) is 29.9 Å². The smallest absolute Gasteiger partial charge is 0.267 e. The molecule has 5 rings (SSSR count). The number of amides is 1. The van der Waals surface area contributed by atoms with Crippen molar-refractivity contribution in [2.45, 2.75) is 25.8 Å². The molecule has 11 heteroatoms. The van der Waals surface area contributed by atoms with Gasteiger partial charge < -0.3 is 10.2 Å². The molecule has 0 aliphatic carbocycles. The van der Waals surface area contributed by atoms with Crippen LogP contribution in [-0.4, -0.2) is 58.9 Å². The average Bonchev–Trinajstić information content (AvgIpc) is 3.39. The maximum absolute atomic E-state index is 13.7. The molecular weight excluding hydrogens is 419 g/mol. The molecule has 1 aliphatic rings. The van der Waals surface area contributed by atoms with Gasteiger partial charge in [0.05, 0.1) is 11.9 Å². The number of carbonyl (C=O) groups excluding carboxylic acids is 1. The number of anilines is 1. The summed E-state index contributed by atoms with van der Waals surface area (Å²) in [7, 11) is 0. The summed E-state index contributed by atoms with van der Waals surface area (Å²) in [6.07, 6.45) is 6.45. The van der Waals surface area contributed by atoms with Gasteiger partial charge in [-0.3, -0.25) is 9.20 Å². The zero-order chi connectivity index (χ0) is 21.4. The van der Waals surface area contributed by atoms with Crippen LogP contribution in [0.3, 0.4) is 0 Å². The van der Waals surface area contributed by atoms with Crippen molar-refractivity contribution in [3.8, 4) is 11.5 Å². The molecule has 9 nitrogen and oxygen atoms in total. The number of nitrogens with one attached hydrogen (secondary N) is 1. The highest BCUT2D eigenvalue weighted by atomic mass is 32.1. The van der Waals surface area contributed by atoms with E-state index in [1.807, 2.05) is 4.90 Å². The van der Waals surface area contributed by atoms with Crippen LogP contribution in [0.25, 0.3) is 17.2 Å². The summed E-state index contributed by atoms with van der Waals surface area (Å²) in [5.74, 6) is 0.694. The molecule has 0 aromatic carbocycles. The summed E-state index contributed by atoms with van der Waals surface area (Å²) >= 11 is 1.13. The first-order valence-electron chi connectivity index (χ1n) is 9.89. The summed E-state index contributed by atoms with van der Waals surface area (Å²) in [4.78, 5) is 28.4. The Labute approximate surface area is 181 Å². The van der Waals surface area contributed by atoms with E-state index in [0.717, 1.165) is 24.4 Å². The van der Waals surface area contributed by atoms with Crippen LogP contribution in [0.5, 0.6) is 0 Å². The van der Waals surface area contributed by atoms with E-state index in [9.17, 15) is 9.18 Å². The number of pyridine rings is 1. The minimum absolute atomic E-state index is 0.0323. The fourth-order valence-corrected chi connectivity index (χ4v) is 4.37. The summed E-state index contributed by atoms with van der Waals surface area (Å²) in [5, 5.41) is 7.35. The van der Waals surface area contributed by atoms with Crippen LogP contribution in [0.1, 0.15) is 28.2 Å². The Morgan fingerprint density at radius 3 is 3.03 bits per heavy atom. The van der Waals surface area contributed by atoms with Gasteiger partial charge in [-0.25, -0.2) is 19.3 Å². The number of likely N-dealkylation sites (tertiary alicyclic amines) is 1. The van der Waals surface area contributed by atoms with Crippen LogP contribution in [0.15, 0.2) is 36.8 Å². The Bertz CT molecular complexity index is 1250. The van der Waals surface area contributed by atoms with Crippen LogP contribution in [0, 0.1) is 12.7 Å². The normalized spacial score (nSPS) is 16.6. The third-order valence-electron chi connectivity index (χ3n) is 5.26. The fourth-order valence-electron chi connectivity index (χ4n) is 3.74. The van der Waals surface area contributed by atoms with Crippen molar-refractivity contribution in [2.75, 3.05) is 18.4 Å². The maximum atomic E-state index is 13.7. The summed E-state index contributed by atoms with van der Waals surface area (Å²) in [6.45, 7) is 3.07. The first kappa shape index (κ1) is 19.5. The molecule has 0 spiro atoms. The lowest BCUT2D eigenvalue weighted by Crippen LogP contribution is -2.45. The molecule has 1 fully saturated rings. The van der Waals surface area contributed by atoms with Gasteiger partial charge in [-0.05, 0) is 49.5 Å². The van der Waals surface area contributed by atoms with E-state index in [1.165, 1.54) is 12.3 Å². The monoisotopic (exact) mass is 438 g/mol. The van der Waals surface area contributed by atoms with Gasteiger partial charge in [0.2, 0.25) is 0 Å². The van der Waals surface area contributed by atoms with Crippen molar-refractivity contribution >= 4 is 28.9 Å². The van der Waals surface area contributed by atoms with Gasteiger partial charge in [-0.2, -0.15) is 0 Å². The lowest BCUT2D eigenvalue weighted by molar-refractivity contribution is 0.0718. The molecule has 158 valence electrons. The number of fused-ring (bicyclic) bond motifs is 1. The third-order valence-corrected chi connectivity index (χ3v) is 6.08. The molecule has 4 aromatic heterocycles. The molecule has 5 heterocycles. The molecule has 0 bridgehead atoms. The van der Waals surface area contributed by atoms with Gasteiger partial charge in [-0.1, -0.05) is 4.49 Å². The van der Waals surface area contributed by atoms with Crippen LogP contribution >= 0.6 is 11.5 Å². The second-order valence-electron chi connectivity index (χ2n) is 7.41. The number of piperidine rings is 1. The van der Waals surface area contributed by atoms with E-state index in [1.54, 1.807) is 35.9 Å². The molecule has 1 amide bonds. The molecule has 1 atom stereocenters. The molecule has 31 heavy (non-hydrogen) atoms. The molecular formula is C20H19FN8OS. The highest BCUT2D eigenvalue weighted by molar-refractivity contribution is 7.07. The highest BCUT2D eigenvalue weighted by Gasteiger charge is 2.27. The summed E-state index contributed by atoms with van der Waals surface area (Å²) in [6, 6.07) is 4.81. The number of nitrogens with zero attached hydrogens (tertiary/aromatic N) is 7.